The van der Waals surface area contributed by atoms with Crippen LogP contribution < -0.4 is 11.1 Å². The number of aromatic nitrogens is 1. The number of nitrogens with zero attached hydrogens (tertiary/aromatic N) is 1. The molecule has 0 unspecified atom stereocenters. The number of para-hydroxylation sites is 1. The van der Waals surface area contributed by atoms with Crippen LogP contribution in [-0.4, -0.2) is 4.98 Å². The lowest BCUT2D eigenvalue weighted by molar-refractivity contribution is 0.923. The van der Waals surface area contributed by atoms with Gasteiger partial charge in [-0.1, -0.05) is 31.5 Å². The van der Waals surface area contributed by atoms with Gasteiger partial charge in [0.25, 0.3) is 0 Å². The Morgan fingerprint density at radius 3 is 2.71 bits per heavy atom. The SMILES string of the molecule is CCCc1ccccc1Nc1ccc(N)c2ncccc12. The second-order valence-corrected chi connectivity index (χ2v) is 5.13. The summed E-state index contributed by atoms with van der Waals surface area (Å²) in [6, 6.07) is 16.3. The lowest BCUT2D eigenvalue weighted by atomic mass is 10.1. The van der Waals surface area contributed by atoms with Crippen molar-refractivity contribution in [1.82, 2.24) is 4.98 Å². The van der Waals surface area contributed by atoms with E-state index in [1.165, 1.54) is 5.56 Å². The van der Waals surface area contributed by atoms with Crippen molar-refractivity contribution in [2.24, 2.45) is 0 Å². The van der Waals surface area contributed by atoms with Crippen molar-refractivity contribution in [1.29, 1.82) is 0 Å². The normalized spacial score (nSPS) is 10.7. The van der Waals surface area contributed by atoms with Crippen LogP contribution in [0.3, 0.4) is 0 Å². The summed E-state index contributed by atoms with van der Waals surface area (Å²) in [7, 11) is 0. The lowest BCUT2D eigenvalue weighted by Gasteiger charge is -2.14. The predicted molar refractivity (Wildman–Crippen MR) is 89.9 cm³/mol. The first-order valence-corrected chi connectivity index (χ1v) is 7.27. The monoisotopic (exact) mass is 277 g/mol. The molecule has 0 saturated heterocycles. The van der Waals surface area contributed by atoms with Gasteiger partial charge in [-0.05, 0) is 42.3 Å². The van der Waals surface area contributed by atoms with Crippen molar-refractivity contribution >= 4 is 28.0 Å². The first kappa shape index (κ1) is 13.4. The van der Waals surface area contributed by atoms with Crippen molar-refractivity contribution in [3.05, 3.63) is 60.3 Å². The number of nitrogens with one attached hydrogen (secondary N) is 1. The van der Waals surface area contributed by atoms with Crippen molar-refractivity contribution in [3.8, 4) is 0 Å². The maximum Gasteiger partial charge on any atom is 0.0951 e. The molecule has 3 N–H and O–H groups in total. The van der Waals surface area contributed by atoms with Gasteiger partial charge in [0.05, 0.1) is 11.2 Å². The number of rotatable bonds is 4. The van der Waals surface area contributed by atoms with Crippen LogP contribution in [0.4, 0.5) is 17.1 Å². The zero-order chi connectivity index (χ0) is 14.7. The third-order valence-electron chi connectivity index (χ3n) is 3.61. The minimum Gasteiger partial charge on any atom is -0.397 e. The highest BCUT2D eigenvalue weighted by atomic mass is 14.9. The molecule has 3 heteroatoms. The smallest absolute Gasteiger partial charge is 0.0951 e. The fourth-order valence-corrected chi connectivity index (χ4v) is 2.58. The van der Waals surface area contributed by atoms with E-state index < -0.39 is 0 Å². The Morgan fingerprint density at radius 1 is 1.00 bits per heavy atom. The summed E-state index contributed by atoms with van der Waals surface area (Å²) in [5.41, 5.74) is 11.1. The quantitative estimate of drug-likeness (QED) is 0.690. The van der Waals surface area contributed by atoms with E-state index in [4.69, 9.17) is 5.73 Å². The molecular weight excluding hydrogens is 258 g/mol. The van der Waals surface area contributed by atoms with E-state index in [1.807, 2.05) is 24.3 Å². The number of nitrogens with two attached hydrogens (primary N) is 1. The summed E-state index contributed by atoms with van der Waals surface area (Å²) in [5.74, 6) is 0. The van der Waals surface area contributed by atoms with Gasteiger partial charge in [-0.2, -0.15) is 0 Å². The molecule has 0 aliphatic heterocycles. The Morgan fingerprint density at radius 2 is 1.86 bits per heavy atom. The van der Waals surface area contributed by atoms with Crippen molar-refractivity contribution in [2.45, 2.75) is 19.8 Å². The van der Waals surface area contributed by atoms with Crippen LogP contribution in [-0.2, 0) is 6.42 Å². The number of hydrogen-bond donors (Lipinski definition) is 2. The standard InChI is InChI=1S/C18H19N3/c1-2-6-13-7-3-4-9-16(13)21-17-11-10-15(19)18-14(17)8-5-12-20-18/h3-5,7-12,21H,2,6,19H2,1H3. The Kier molecular flexibility index (Phi) is 3.73. The molecule has 0 bridgehead atoms. The van der Waals surface area contributed by atoms with Gasteiger partial charge in [0.1, 0.15) is 0 Å². The summed E-state index contributed by atoms with van der Waals surface area (Å²) in [4.78, 5) is 4.38. The number of fused-ring (bicyclic) bond motifs is 1. The van der Waals surface area contributed by atoms with Gasteiger partial charge in [-0.3, -0.25) is 4.98 Å². The first-order valence-electron chi connectivity index (χ1n) is 7.27. The molecule has 0 saturated carbocycles. The van der Waals surface area contributed by atoms with Crippen molar-refractivity contribution in [2.75, 3.05) is 11.1 Å². The number of anilines is 3. The molecule has 3 rings (SSSR count). The molecule has 1 aromatic heterocycles. The van der Waals surface area contributed by atoms with E-state index in [-0.39, 0.29) is 0 Å². The van der Waals surface area contributed by atoms with Crippen LogP contribution in [0, 0.1) is 0 Å². The minimum absolute atomic E-state index is 0.706. The molecule has 0 radical (unpaired) electrons. The molecule has 2 aromatic carbocycles. The predicted octanol–water partition coefficient (Wildman–Crippen LogP) is 4.51. The van der Waals surface area contributed by atoms with Gasteiger partial charge in [0, 0.05) is 23.0 Å². The molecule has 106 valence electrons. The van der Waals surface area contributed by atoms with E-state index in [0.717, 1.165) is 35.1 Å². The average Bonchev–Trinajstić information content (AvgIpc) is 2.52. The minimum atomic E-state index is 0.706. The van der Waals surface area contributed by atoms with Crippen molar-refractivity contribution < 1.29 is 0 Å². The fraction of sp³-hybridized carbons (Fsp3) is 0.167. The number of aryl methyl sites for hydroxylation is 1. The van der Waals surface area contributed by atoms with Crippen LogP contribution in [0.25, 0.3) is 10.9 Å². The topological polar surface area (TPSA) is 50.9 Å². The van der Waals surface area contributed by atoms with Gasteiger partial charge in [-0.15, -0.1) is 0 Å². The molecule has 3 aromatic rings. The molecule has 21 heavy (non-hydrogen) atoms. The fourth-order valence-electron chi connectivity index (χ4n) is 2.58. The molecular formula is C18H19N3. The molecule has 0 spiro atoms. The van der Waals surface area contributed by atoms with Crippen LogP contribution in [0.15, 0.2) is 54.7 Å². The van der Waals surface area contributed by atoms with Crippen LogP contribution >= 0.6 is 0 Å². The summed E-state index contributed by atoms with van der Waals surface area (Å²) in [5, 5.41) is 4.58. The largest absolute Gasteiger partial charge is 0.397 e. The number of pyridine rings is 1. The van der Waals surface area contributed by atoms with E-state index >= 15 is 0 Å². The van der Waals surface area contributed by atoms with E-state index in [1.54, 1.807) is 6.20 Å². The lowest BCUT2D eigenvalue weighted by Crippen LogP contribution is -1.98. The van der Waals surface area contributed by atoms with Gasteiger partial charge < -0.3 is 11.1 Å². The Bertz CT molecular complexity index is 765. The molecule has 0 aliphatic rings. The van der Waals surface area contributed by atoms with E-state index in [2.05, 4.69) is 41.5 Å². The first-order chi connectivity index (χ1) is 10.3. The summed E-state index contributed by atoms with van der Waals surface area (Å²) >= 11 is 0. The summed E-state index contributed by atoms with van der Waals surface area (Å²) in [6.07, 6.45) is 3.96. The van der Waals surface area contributed by atoms with E-state index in [9.17, 15) is 0 Å². The Labute approximate surface area is 124 Å². The van der Waals surface area contributed by atoms with Gasteiger partial charge >= 0.3 is 0 Å². The Balaban J connectivity index is 2.05. The summed E-state index contributed by atoms with van der Waals surface area (Å²) in [6.45, 7) is 2.19. The van der Waals surface area contributed by atoms with Gasteiger partial charge in [0.2, 0.25) is 0 Å². The van der Waals surface area contributed by atoms with E-state index in [0.29, 0.717) is 5.69 Å². The highest BCUT2D eigenvalue weighted by Crippen LogP contribution is 2.30. The zero-order valence-electron chi connectivity index (χ0n) is 12.1. The number of benzene rings is 2. The number of nitrogen functional groups attached to an aromatic ring is 1. The van der Waals surface area contributed by atoms with Gasteiger partial charge in [0.15, 0.2) is 0 Å². The molecule has 0 fully saturated rings. The second-order valence-electron chi connectivity index (χ2n) is 5.13. The average molecular weight is 277 g/mol. The number of hydrogen-bond acceptors (Lipinski definition) is 3. The third kappa shape index (κ3) is 2.68. The van der Waals surface area contributed by atoms with Crippen LogP contribution in [0.1, 0.15) is 18.9 Å². The van der Waals surface area contributed by atoms with Crippen LogP contribution in [0.5, 0.6) is 0 Å². The third-order valence-corrected chi connectivity index (χ3v) is 3.61. The molecule has 0 amide bonds. The van der Waals surface area contributed by atoms with Crippen molar-refractivity contribution in [3.63, 3.8) is 0 Å². The molecule has 0 aliphatic carbocycles. The maximum atomic E-state index is 6.01. The van der Waals surface area contributed by atoms with Gasteiger partial charge in [-0.25, -0.2) is 0 Å². The zero-order valence-corrected chi connectivity index (χ0v) is 12.1. The highest BCUT2D eigenvalue weighted by molar-refractivity contribution is 5.99. The Hall–Kier alpha value is -2.55. The van der Waals surface area contributed by atoms with Crippen LogP contribution in [0.2, 0.25) is 0 Å². The summed E-state index contributed by atoms with van der Waals surface area (Å²) < 4.78 is 0. The second kappa shape index (κ2) is 5.83. The molecule has 0 atom stereocenters. The maximum absolute atomic E-state index is 6.01. The molecule has 1 heterocycles. The highest BCUT2D eigenvalue weighted by Gasteiger charge is 2.07. The molecule has 3 nitrogen and oxygen atoms in total.